The van der Waals surface area contributed by atoms with Gasteiger partial charge < -0.3 is 9.64 Å². The lowest BCUT2D eigenvalue weighted by atomic mass is 10.0. The molecule has 26 heavy (non-hydrogen) atoms. The van der Waals surface area contributed by atoms with E-state index in [1.54, 1.807) is 29.2 Å². The van der Waals surface area contributed by atoms with E-state index in [0.29, 0.717) is 25.3 Å². The number of pyridine rings is 1. The Hall–Kier alpha value is -2.92. The van der Waals surface area contributed by atoms with Gasteiger partial charge in [-0.15, -0.1) is 0 Å². The number of morpholine rings is 1. The number of nitriles is 1. The number of ether oxygens (including phenoxy) is 1. The van der Waals surface area contributed by atoms with E-state index in [2.05, 4.69) is 4.98 Å². The number of hydrogen-bond acceptors (Lipinski definition) is 4. The first-order valence-electron chi connectivity index (χ1n) is 7.81. The van der Waals surface area contributed by atoms with E-state index >= 15 is 0 Å². The summed E-state index contributed by atoms with van der Waals surface area (Å²) in [4.78, 5) is 17.0. The lowest BCUT2D eigenvalue weighted by Gasteiger charge is -2.26. The van der Waals surface area contributed by atoms with Crippen LogP contribution in [0, 0.1) is 11.3 Å². The van der Waals surface area contributed by atoms with Crippen molar-refractivity contribution in [1.82, 2.24) is 9.88 Å². The van der Waals surface area contributed by atoms with Gasteiger partial charge in [-0.05, 0) is 17.7 Å². The van der Waals surface area contributed by atoms with Gasteiger partial charge in [0.25, 0.3) is 0 Å². The van der Waals surface area contributed by atoms with Gasteiger partial charge in [0.2, 0.25) is 5.91 Å². The fraction of sp³-hybridized carbons (Fsp3) is 0.278. The smallest absolute Gasteiger partial charge is 0.370 e. The van der Waals surface area contributed by atoms with Crippen molar-refractivity contribution in [1.29, 1.82) is 5.26 Å². The van der Waals surface area contributed by atoms with Gasteiger partial charge in [-0.3, -0.25) is 4.79 Å². The number of alkyl halides is 3. The molecule has 0 saturated carbocycles. The molecule has 3 rings (SSSR count). The highest BCUT2D eigenvalue weighted by Crippen LogP contribution is 2.31. The maximum atomic E-state index is 12.9. The van der Waals surface area contributed by atoms with Crippen LogP contribution in [0.4, 0.5) is 13.2 Å². The Bertz CT molecular complexity index is 857. The molecule has 1 aliphatic rings. The highest BCUT2D eigenvalue weighted by molar-refractivity contribution is 5.78. The Morgan fingerprint density at radius 3 is 2.54 bits per heavy atom. The maximum Gasteiger partial charge on any atom is 0.433 e. The van der Waals surface area contributed by atoms with E-state index < -0.39 is 11.9 Å². The predicted molar refractivity (Wildman–Crippen MR) is 85.6 cm³/mol. The van der Waals surface area contributed by atoms with Crippen molar-refractivity contribution in [2.45, 2.75) is 12.7 Å². The Labute approximate surface area is 147 Å². The number of nitrogens with zero attached hydrogens (tertiary/aromatic N) is 3. The molecule has 0 bridgehead atoms. The van der Waals surface area contributed by atoms with Crippen LogP contribution in [0.1, 0.15) is 16.8 Å². The normalized spacial score (nSPS) is 15.0. The molecule has 1 amide bonds. The third-order valence-electron chi connectivity index (χ3n) is 3.99. The van der Waals surface area contributed by atoms with E-state index in [9.17, 15) is 18.0 Å². The number of benzene rings is 1. The van der Waals surface area contributed by atoms with Crippen molar-refractivity contribution >= 4 is 5.91 Å². The molecule has 0 unspecified atom stereocenters. The Balaban J connectivity index is 1.86. The second-order valence-corrected chi connectivity index (χ2v) is 5.77. The molecule has 1 aromatic carbocycles. The van der Waals surface area contributed by atoms with Gasteiger partial charge in [-0.1, -0.05) is 24.3 Å². The summed E-state index contributed by atoms with van der Waals surface area (Å²) in [5, 5.41) is 9.15. The molecule has 5 nitrogen and oxygen atoms in total. The van der Waals surface area contributed by atoms with E-state index in [1.165, 1.54) is 0 Å². The molecule has 134 valence electrons. The predicted octanol–water partition coefficient (Wildman–Crippen LogP) is 3.00. The zero-order valence-electron chi connectivity index (χ0n) is 13.6. The average Bonchev–Trinajstić information content (AvgIpc) is 2.63. The summed E-state index contributed by atoms with van der Waals surface area (Å²) in [6, 6.07) is 10.4. The van der Waals surface area contributed by atoms with Crippen molar-refractivity contribution < 1.29 is 22.7 Å². The number of amides is 1. The number of rotatable bonds is 3. The highest BCUT2D eigenvalue weighted by atomic mass is 19.4. The summed E-state index contributed by atoms with van der Waals surface area (Å²) < 4.78 is 43.7. The summed E-state index contributed by atoms with van der Waals surface area (Å²) in [5.41, 5.74) is 0.235. The summed E-state index contributed by atoms with van der Waals surface area (Å²) in [5.74, 6) is -0.105. The molecule has 2 heterocycles. The molecule has 0 N–H and O–H groups in total. The molecule has 0 spiro atoms. The molecular weight excluding hydrogens is 347 g/mol. The lowest BCUT2D eigenvalue weighted by molar-refractivity contribution is -0.143. The van der Waals surface area contributed by atoms with Crippen LogP contribution in [0.5, 0.6) is 0 Å². The largest absolute Gasteiger partial charge is 0.433 e. The maximum absolute atomic E-state index is 12.9. The first kappa shape index (κ1) is 17.9. The minimum Gasteiger partial charge on any atom is -0.370 e. The number of halogens is 3. The summed E-state index contributed by atoms with van der Waals surface area (Å²) >= 11 is 0. The number of aromatic nitrogens is 1. The molecule has 0 atom stereocenters. The molecule has 8 heteroatoms. The summed E-state index contributed by atoms with van der Waals surface area (Å²) in [6.45, 7) is 1.42. The standard InChI is InChI=1S/C18H14F3N3O2/c19-18(20,21)15-6-5-14(9-22)17(23-15)13-3-1-12(2-4-13)10-24-7-8-26-11-16(24)25/h1-6H,7-8,10-11H2. The number of hydrogen-bond donors (Lipinski definition) is 0. The zero-order chi connectivity index (χ0) is 18.7. The minimum atomic E-state index is -4.58. The fourth-order valence-electron chi connectivity index (χ4n) is 2.63. The van der Waals surface area contributed by atoms with Gasteiger partial charge in [0.15, 0.2) is 0 Å². The quantitative estimate of drug-likeness (QED) is 0.843. The van der Waals surface area contributed by atoms with Crippen LogP contribution in [0.3, 0.4) is 0 Å². The van der Waals surface area contributed by atoms with Crippen LogP contribution in [0.15, 0.2) is 36.4 Å². The monoisotopic (exact) mass is 361 g/mol. The molecule has 0 aliphatic carbocycles. The van der Waals surface area contributed by atoms with Crippen LogP contribution in [-0.4, -0.2) is 35.5 Å². The Morgan fingerprint density at radius 2 is 1.92 bits per heavy atom. The summed E-state index contributed by atoms with van der Waals surface area (Å²) in [7, 11) is 0. The van der Waals surface area contributed by atoms with Gasteiger partial charge in [-0.25, -0.2) is 4.98 Å². The number of carbonyl (C=O) groups excluding carboxylic acids is 1. The highest BCUT2D eigenvalue weighted by Gasteiger charge is 2.33. The Kier molecular flexibility index (Phi) is 4.91. The van der Waals surface area contributed by atoms with Crippen molar-refractivity contribution in [3.05, 3.63) is 53.2 Å². The van der Waals surface area contributed by atoms with Gasteiger partial charge in [0, 0.05) is 18.7 Å². The second-order valence-electron chi connectivity index (χ2n) is 5.77. The molecular formula is C18H14F3N3O2. The first-order chi connectivity index (χ1) is 12.4. The molecule has 1 aliphatic heterocycles. The molecule has 2 aromatic rings. The van der Waals surface area contributed by atoms with Crippen LogP contribution >= 0.6 is 0 Å². The lowest BCUT2D eigenvalue weighted by Crippen LogP contribution is -2.40. The number of carbonyl (C=O) groups is 1. The van der Waals surface area contributed by atoms with Crippen molar-refractivity contribution in [2.75, 3.05) is 19.8 Å². The van der Waals surface area contributed by atoms with Crippen LogP contribution in [-0.2, 0) is 22.3 Å². The third-order valence-corrected chi connectivity index (χ3v) is 3.99. The average molecular weight is 361 g/mol. The van der Waals surface area contributed by atoms with Gasteiger partial charge in [0.05, 0.1) is 17.9 Å². The first-order valence-corrected chi connectivity index (χ1v) is 7.81. The Morgan fingerprint density at radius 1 is 1.19 bits per heavy atom. The van der Waals surface area contributed by atoms with Gasteiger partial charge in [-0.2, -0.15) is 18.4 Å². The second kappa shape index (κ2) is 7.14. The van der Waals surface area contributed by atoms with Crippen LogP contribution in [0.25, 0.3) is 11.3 Å². The van der Waals surface area contributed by atoms with E-state index in [-0.39, 0.29) is 23.8 Å². The summed E-state index contributed by atoms with van der Waals surface area (Å²) in [6.07, 6.45) is -4.58. The minimum absolute atomic E-state index is 0.0173. The molecule has 1 aromatic heterocycles. The van der Waals surface area contributed by atoms with Crippen molar-refractivity contribution in [3.63, 3.8) is 0 Å². The van der Waals surface area contributed by atoms with Gasteiger partial charge in [0.1, 0.15) is 18.4 Å². The topological polar surface area (TPSA) is 66.2 Å². The van der Waals surface area contributed by atoms with Crippen molar-refractivity contribution in [3.8, 4) is 17.3 Å². The van der Waals surface area contributed by atoms with E-state index in [0.717, 1.165) is 17.7 Å². The third kappa shape index (κ3) is 3.83. The molecule has 1 fully saturated rings. The molecule has 0 radical (unpaired) electrons. The van der Waals surface area contributed by atoms with Crippen molar-refractivity contribution in [2.24, 2.45) is 0 Å². The SMILES string of the molecule is N#Cc1ccc(C(F)(F)F)nc1-c1ccc(CN2CCOCC2=O)cc1. The van der Waals surface area contributed by atoms with E-state index in [4.69, 9.17) is 10.00 Å². The van der Waals surface area contributed by atoms with Gasteiger partial charge >= 0.3 is 6.18 Å². The fourth-order valence-corrected chi connectivity index (χ4v) is 2.63. The van der Waals surface area contributed by atoms with E-state index in [1.807, 2.05) is 6.07 Å². The van der Waals surface area contributed by atoms with Crippen LogP contribution < -0.4 is 0 Å². The molecule has 1 saturated heterocycles. The van der Waals surface area contributed by atoms with Crippen LogP contribution in [0.2, 0.25) is 0 Å². The zero-order valence-corrected chi connectivity index (χ0v) is 13.6.